The number of hydrogen-bond acceptors (Lipinski definition) is 1. The second-order valence-electron chi connectivity index (χ2n) is 3.45. The van der Waals surface area contributed by atoms with Crippen molar-refractivity contribution >= 4 is 5.78 Å². The molecule has 0 saturated heterocycles. The number of carbonyl (C=O) groups excluding carboxylic acids is 1. The Bertz CT molecular complexity index is 261. The molecular formula is C11H12O. The van der Waals surface area contributed by atoms with Crippen LogP contribution in [0.2, 0.25) is 0 Å². The summed E-state index contributed by atoms with van der Waals surface area (Å²) in [4.78, 5) is 11.3. The van der Waals surface area contributed by atoms with Crippen LogP contribution < -0.4 is 0 Å². The minimum absolute atomic E-state index is 0.167. The topological polar surface area (TPSA) is 17.1 Å². The smallest absolute Gasteiger partial charge is 0.134 e. The van der Waals surface area contributed by atoms with E-state index in [9.17, 15) is 4.79 Å². The summed E-state index contributed by atoms with van der Waals surface area (Å²) < 4.78 is 0. The first kappa shape index (κ1) is 7.53. The van der Waals surface area contributed by atoms with Gasteiger partial charge in [-0.25, -0.2) is 0 Å². The number of hydrogen-bond donors (Lipinski definition) is 0. The maximum Gasteiger partial charge on any atom is 0.134 e. The van der Waals surface area contributed by atoms with Crippen molar-refractivity contribution in [3.63, 3.8) is 0 Å². The Hall–Kier alpha value is -1.11. The minimum Gasteiger partial charge on any atom is -0.300 e. The highest BCUT2D eigenvalue weighted by Crippen LogP contribution is 2.35. The van der Waals surface area contributed by atoms with Crippen molar-refractivity contribution in [2.45, 2.75) is 6.92 Å². The zero-order chi connectivity index (χ0) is 8.55. The van der Waals surface area contributed by atoms with Gasteiger partial charge in [0.25, 0.3) is 0 Å². The normalized spacial score (nSPS) is 36.9. The molecule has 2 unspecified atom stereocenters. The van der Waals surface area contributed by atoms with E-state index in [1.54, 1.807) is 6.92 Å². The summed E-state index contributed by atoms with van der Waals surface area (Å²) in [6, 6.07) is 0. The summed E-state index contributed by atoms with van der Waals surface area (Å²) in [5, 5.41) is 0. The van der Waals surface area contributed by atoms with E-state index in [0.29, 0.717) is 17.6 Å². The number of ketones is 1. The van der Waals surface area contributed by atoms with Crippen molar-refractivity contribution in [1.82, 2.24) is 0 Å². The fourth-order valence-corrected chi connectivity index (χ4v) is 2.05. The quantitative estimate of drug-likeness (QED) is 0.537. The van der Waals surface area contributed by atoms with Gasteiger partial charge in [-0.2, -0.15) is 0 Å². The molecule has 2 aliphatic carbocycles. The van der Waals surface area contributed by atoms with Gasteiger partial charge < -0.3 is 0 Å². The molecule has 2 atom stereocenters. The highest BCUT2D eigenvalue weighted by atomic mass is 16.1. The Morgan fingerprint density at radius 2 is 1.50 bits per heavy atom. The van der Waals surface area contributed by atoms with E-state index >= 15 is 0 Å². The second-order valence-corrected chi connectivity index (χ2v) is 3.45. The van der Waals surface area contributed by atoms with Gasteiger partial charge in [-0.05, 0) is 6.92 Å². The molecule has 0 heterocycles. The lowest BCUT2D eigenvalue weighted by Gasteiger charge is -2.16. The molecule has 0 radical (unpaired) electrons. The van der Waals surface area contributed by atoms with Crippen LogP contribution in [0.25, 0.3) is 0 Å². The lowest BCUT2D eigenvalue weighted by Crippen LogP contribution is -2.20. The first-order valence-corrected chi connectivity index (χ1v) is 4.33. The molecule has 0 fully saturated rings. The number of Topliss-reactive ketones (excluding diaryl/α,β-unsaturated/α-hetero) is 1. The zero-order valence-electron chi connectivity index (χ0n) is 7.10. The van der Waals surface area contributed by atoms with Crippen molar-refractivity contribution in [3.05, 3.63) is 36.5 Å². The molecule has 1 nitrogen and oxygen atoms in total. The first-order valence-electron chi connectivity index (χ1n) is 4.33. The van der Waals surface area contributed by atoms with E-state index < -0.39 is 0 Å². The average Bonchev–Trinajstić information content (AvgIpc) is 2.24. The third-order valence-electron chi connectivity index (χ3n) is 2.63. The van der Waals surface area contributed by atoms with E-state index in [-0.39, 0.29) is 5.92 Å². The van der Waals surface area contributed by atoms with Gasteiger partial charge in [0.2, 0.25) is 0 Å². The molecule has 0 aromatic carbocycles. The molecule has 62 valence electrons. The molecule has 0 amide bonds. The molecule has 2 rings (SSSR count). The van der Waals surface area contributed by atoms with E-state index in [1.807, 2.05) is 12.2 Å². The Balaban J connectivity index is 2.34. The van der Waals surface area contributed by atoms with E-state index in [1.165, 1.54) is 0 Å². The summed E-state index contributed by atoms with van der Waals surface area (Å²) in [7, 11) is 0. The summed E-state index contributed by atoms with van der Waals surface area (Å²) in [6.07, 6.45) is 12.5. The molecule has 0 aliphatic heterocycles. The van der Waals surface area contributed by atoms with Crippen LogP contribution in [-0.4, -0.2) is 5.78 Å². The van der Waals surface area contributed by atoms with Gasteiger partial charge in [-0.3, -0.25) is 4.79 Å². The predicted octanol–water partition coefficient (Wildman–Crippen LogP) is 2.12. The standard InChI is InChI=1S/C11H12O/c1-8(12)11-9-4-2-3-5-10(11)7-6-9/h2-7,9-11H,1H3. The molecule has 0 spiro atoms. The lowest BCUT2D eigenvalue weighted by molar-refractivity contribution is -0.121. The zero-order valence-corrected chi connectivity index (χ0v) is 7.10. The highest BCUT2D eigenvalue weighted by molar-refractivity contribution is 5.80. The average molecular weight is 160 g/mol. The Kier molecular flexibility index (Phi) is 1.72. The SMILES string of the molecule is CC(=O)C1C2C=CC=CC1C=C2. The number of fused-ring (bicyclic) bond motifs is 2. The summed E-state index contributed by atoms with van der Waals surface area (Å²) in [5.74, 6) is 1.14. The first-order chi connectivity index (χ1) is 5.79. The van der Waals surface area contributed by atoms with Gasteiger partial charge >= 0.3 is 0 Å². The highest BCUT2D eigenvalue weighted by Gasteiger charge is 2.32. The summed E-state index contributed by atoms with van der Waals surface area (Å²) in [5.41, 5.74) is 0. The van der Waals surface area contributed by atoms with Crippen LogP contribution in [0.4, 0.5) is 0 Å². The number of allylic oxidation sites excluding steroid dienone is 6. The second kappa shape index (κ2) is 2.74. The van der Waals surface area contributed by atoms with Gasteiger partial charge in [0.05, 0.1) is 0 Å². The number of rotatable bonds is 1. The van der Waals surface area contributed by atoms with E-state index in [0.717, 1.165) is 0 Å². The van der Waals surface area contributed by atoms with Crippen LogP contribution in [0.15, 0.2) is 36.5 Å². The fourth-order valence-electron chi connectivity index (χ4n) is 2.05. The van der Waals surface area contributed by atoms with E-state index in [4.69, 9.17) is 0 Å². The van der Waals surface area contributed by atoms with Gasteiger partial charge in [0.1, 0.15) is 5.78 Å². The molecule has 2 aliphatic rings. The minimum atomic E-state index is 0.167. The predicted molar refractivity (Wildman–Crippen MR) is 48.6 cm³/mol. The Morgan fingerprint density at radius 1 is 1.00 bits per heavy atom. The van der Waals surface area contributed by atoms with Crippen LogP contribution in [0.5, 0.6) is 0 Å². The van der Waals surface area contributed by atoms with Crippen molar-refractivity contribution in [2.24, 2.45) is 17.8 Å². The van der Waals surface area contributed by atoms with Gasteiger partial charge in [0, 0.05) is 17.8 Å². The molecular weight excluding hydrogens is 148 g/mol. The largest absolute Gasteiger partial charge is 0.300 e. The molecule has 0 aromatic heterocycles. The maximum atomic E-state index is 11.3. The number of carbonyl (C=O) groups is 1. The van der Waals surface area contributed by atoms with Crippen molar-refractivity contribution < 1.29 is 4.79 Å². The summed E-state index contributed by atoms with van der Waals surface area (Å²) in [6.45, 7) is 1.69. The van der Waals surface area contributed by atoms with Gasteiger partial charge in [0.15, 0.2) is 0 Å². The van der Waals surface area contributed by atoms with Gasteiger partial charge in [-0.1, -0.05) is 36.5 Å². The molecule has 2 bridgehead atoms. The van der Waals surface area contributed by atoms with Crippen molar-refractivity contribution in [2.75, 3.05) is 0 Å². The van der Waals surface area contributed by atoms with E-state index in [2.05, 4.69) is 24.3 Å². The molecule has 0 aromatic rings. The molecule has 0 N–H and O–H groups in total. The van der Waals surface area contributed by atoms with Crippen LogP contribution in [0, 0.1) is 17.8 Å². The third-order valence-corrected chi connectivity index (χ3v) is 2.63. The third kappa shape index (κ3) is 1.06. The molecule has 1 heteroatoms. The summed E-state index contributed by atoms with van der Waals surface area (Å²) >= 11 is 0. The van der Waals surface area contributed by atoms with Gasteiger partial charge in [-0.15, -0.1) is 0 Å². The van der Waals surface area contributed by atoms with Crippen molar-refractivity contribution in [1.29, 1.82) is 0 Å². The maximum absolute atomic E-state index is 11.3. The monoisotopic (exact) mass is 160 g/mol. The van der Waals surface area contributed by atoms with Crippen LogP contribution >= 0.6 is 0 Å². The van der Waals surface area contributed by atoms with Crippen LogP contribution in [0.3, 0.4) is 0 Å². The Morgan fingerprint density at radius 3 is 1.92 bits per heavy atom. The lowest BCUT2D eigenvalue weighted by atomic mass is 9.86. The van der Waals surface area contributed by atoms with Crippen molar-refractivity contribution in [3.8, 4) is 0 Å². The fraction of sp³-hybridized carbons (Fsp3) is 0.364. The van der Waals surface area contributed by atoms with Crippen LogP contribution in [-0.2, 0) is 4.79 Å². The molecule has 0 saturated carbocycles. The van der Waals surface area contributed by atoms with Crippen LogP contribution in [0.1, 0.15) is 6.92 Å². The Labute approximate surface area is 72.5 Å². The molecule has 12 heavy (non-hydrogen) atoms.